The minimum absolute atomic E-state index is 0.00418. The van der Waals surface area contributed by atoms with Crippen LogP contribution in [0.5, 0.6) is 0 Å². The number of nitrogens with zero attached hydrogens (tertiary/aromatic N) is 3. The zero-order chi connectivity index (χ0) is 20.7. The fraction of sp³-hybridized carbons (Fsp3) is 0.0526. The third kappa shape index (κ3) is 3.69. The lowest BCUT2D eigenvalue weighted by Gasteiger charge is -2.06. The van der Waals surface area contributed by atoms with Crippen LogP contribution in [0, 0.1) is 17.0 Å². The van der Waals surface area contributed by atoms with Gasteiger partial charge in [-0.15, -0.1) is 0 Å². The summed E-state index contributed by atoms with van der Waals surface area (Å²) in [7, 11) is 0. The second-order valence-electron chi connectivity index (χ2n) is 6.18. The Morgan fingerprint density at radius 2 is 2.03 bits per heavy atom. The van der Waals surface area contributed by atoms with E-state index in [2.05, 4.69) is 10.3 Å². The van der Waals surface area contributed by atoms with Crippen LogP contribution in [0.25, 0.3) is 16.2 Å². The average molecular weight is 447 g/mol. The van der Waals surface area contributed by atoms with E-state index < -0.39 is 4.92 Å². The van der Waals surface area contributed by atoms with Gasteiger partial charge in [0.2, 0.25) is 0 Å². The molecule has 0 saturated carbocycles. The van der Waals surface area contributed by atoms with Crippen molar-refractivity contribution in [3.63, 3.8) is 0 Å². The highest BCUT2D eigenvalue weighted by atomic mass is 35.5. The number of aryl methyl sites for hydroxylation is 1. The molecule has 0 unspecified atom stereocenters. The van der Waals surface area contributed by atoms with Gasteiger partial charge in [0.25, 0.3) is 11.6 Å². The number of nitro benzene ring substituents is 1. The first kappa shape index (κ1) is 19.4. The lowest BCUT2D eigenvalue weighted by Crippen LogP contribution is -2.12. The van der Waals surface area contributed by atoms with Gasteiger partial charge in [0, 0.05) is 34.6 Å². The van der Waals surface area contributed by atoms with Crippen molar-refractivity contribution in [2.75, 3.05) is 5.32 Å². The molecule has 0 aliphatic rings. The maximum absolute atomic E-state index is 12.7. The van der Waals surface area contributed by atoms with E-state index in [9.17, 15) is 14.9 Å². The first-order valence-corrected chi connectivity index (χ1v) is 9.90. The van der Waals surface area contributed by atoms with Gasteiger partial charge in [0.15, 0.2) is 4.96 Å². The number of nitro groups is 1. The summed E-state index contributed by atoms with van der Waals surface area (Å²) in [5.74, 6) is -0.306. The summed E-state index contributed by atoms with van der Waals surface area (Å²) in [6.07, 6.45) is 1.76. The van der Waals surface area contributed by atoms with Crippen molar-refractivity contribution >= 4 is 56.8 Å². The third-order valence-electron chi connectivity index (χ3n) is 4.30. The number of aromatic nitrogens is 2. The number of thiazole rings is 1. The number of hydrogen-bond donors (Lipinski definition) is 1. The maximum Gasteiger partial charge on any atom is 0.270 e. The highest BCUT2D eigenvalue weighted by molar-refractivity contribution is 7.19. The van der Waals surface area contributed by atoms with Crippen LogP contribution in [-0.4, -0.2) is 20.2 Å². The van der Waals surface area contributed by atoms with Crippen LogP contribution in [0.4, 0.5) is 11.4 Å². The highest BCUT2D eigenvalue weighted by Crippen LogP contribution is 2.30. The van der Waals surface area contributed by atoms with Gasteiger partial charge < -0.3 is 5.32 Å². The SMILES string of the molecule is Cc1c(C(=O)Nc2ccc(Cl)cc2Cl)sc2nc(-c3cccc([N+](=O)[O-])c3)cn12. The van der Waals surface area contributed by atoms with Crippen molar-refractivity contribution in [1.82, 2.24) is 9.38 Å². The lowest BCUT2D eigenvalue weighted by molar-refractivity contribution is -0.384. The molecule has 146 valence electrons. The molecule has 29 heavy (non-hydrogen) atoms. The van der Waals surface area contributed by atoms with E-state index >= 15 is 0 Å². The van der Waals surface area contributed by atoms with Crippen molar-refractivity contribution < 1.29 is 9.72 Å². The molecule has 0 fully saturated rings. The van der Waals surface area contributed by atoms with Gasteiger partial charge in [-0.2, -0.15) is 0 Å². The Hall–Kier alpha value is -2.94. The number of benzene rings is 2. The average Bonchev–Trinajstić information content (AvgIpc) is 3.24. The van der Waals surface area contributed by atoms with Crippen LogP contribution in [0.15, 0.2) is 48.7 Å². The van der Waals surface area contributed by atoms with Crippen molar-refractivity contribution in [2.45, 2.75) is 6.92 Å². The first-order chi connectivity index (χ1) is 13.8. The van der Waals surface area contributed by atoms with Gasteiger partial charge in [-0.3, -0.25) is 19.3 Å². The van der Waals surface area contributed by atoms with Crippen molar-refractivity contribution in [3.05, 3.63) is 79.4 Å². The Morgan fingerprint density at radius 3 is 2.72 bits per heavy atom. The van der Waals surface area contributed by atoms with E-state index in [1.165, 1.54) is 23.5 Å². The van der Waals surface area contributed by atoms with Crippen LogP contribution >= 0.6 is 34.5 Å². The molecule has 1 N–H and O–H groups in total. The standard InChI is InChI=1S/C19H12Cl2N4O3S/c1-10-17(18(26)22-15-6-5-12(20)8-14(15)21)29-19-23-16(9-24(10)19)11-3-2-4-13(7-11)25(27)28/h2-9H,1H3,(H,22,26). The second kappa shape index (κ2) is 7.47. The molecule has 0 saturated heterocycles. The lowest BCUT2D eigenvalue weighted by atomic mass is 10.1. The normalized spacial score (nSPS) is 11.0. The summed E-state index contributed by atoms with van der Waals surface area (Å²) < 4.78 is 1.79. The quantitative estimate of drug-likeness (QED) is 0.315. The summed E-state index contributed by atoms with van der Waals surface area (Å²) in [6, 6.07) is 11.1. The number of halogens is 2. The first-order valence-electron chi connectivity index (χ1n) is 8.33. The molecule has 1 amide bonds. The van der Waals surface area contributed by atoms with E-state index in [1.807, 2.05) is 0 Å². The number of anilines is 1. The minimum Gasteiger partial charge on any atom is -0.320 e. The molecule has 7 nitrogen and oxygen atoms in total. The molecule has 0 aliphatic carbocycles. The molecule has 10 heteroatoms. The Morgan fingerprint density at radius 1 is 1.24 bits per heavy atom. The van der Waals surface area contributed by atoms with Crippen LogP contribution in [0.2, 0.25) is 10.0 Å². The fourth-order valence-electron chi connectivity index (χ4n) is 2.85. The molecule has 0 radical (unpaired) electrons. The van der Waals surface area contributed by atoms with E-state index in [1.54, 1.807) is 47.9 Å². The minimum atomic E-state index is -0.447. The Bertz CT molecular complexity index is 1280. The molecule has 4 aromatic rings. The van der Waals surface area contributed by atoms with Crippen LogP contribution in [0.3, 0.4) is 0 Å². The van der Waals surface area contributed by atoms with Gasteiger partial charge >= 0.3 is 0 Å². The molecule has 0 aliphatic heterocycles. The number of carbonyl (C=O) groups is 1. The molecule has 4 rings (SSSR count). The summed E-state index contributed by atoms with van der Waals surface area (Å²) in [4.78, 5) is 28.9. The number of amides is 1. The Balaban J connectivity index is 1.65. The molecular weight excluding hydrogens is 435 g/mol. The summed E-state index contributed by atoms with van der Waals surface area (Å²) >= 11 is 13.2. The molecule has 2 aromatic heterocycles. The number of carbonyl (C=O) groups excluding carboxylic acids is 1. The Labute approximate surface area is 178 Å². The largest absolute Gasteiger partial charge is 0.320 e. The van der Waals surface area contributed by atoms with Crippen LogP contribution in [0.1, 0.15) is 15.4 Å². The van der Waals surface area contributed by atoms with E-state index in [0.717, 1.165) is 0 Å². The van der Waals surface area contributed by atoms with E-state index in [-0.39, 0.29) is 11.6 Å². The third-order valence-corrected chi connectivity index (χ3v) is 6.00. The number of non-ortho nitro benzene ring substituents is 1. The summed E-state index contributed by atoms with van der Waals surface area (Å²) in [6.45, 7) is 1.81. The predicted octanol–water partition coefficient (Wildman–Crippen LogP) is 5.84. The molecule has 2 heterocycles. The smallest absolute Gasteiger partial charge is 0.270 e. The zero-order valence-corrected chi connectivity index (χ0v) is 17.2. The van der Waals surface area contributed by atoms with E-state index in [4.69, 9.17) is 23.2 Å². The van der Waals surface area contributed by atoms with E-state index in [0.29, 0.717) is 42.5 Å². The molecule has 2 aromatic carbocycles. The second-order valence-corrected chi connectivity index (χ2v) is 8.00. The van der Waals surface area contributed by atoms with Crippen LogP contribution in [-0.2, 0) is 0 Å². The van der Waals surface area contributed by atoms with Crippen molar-refractivity contribution in [3.8, 4) is 11.3 Å². The predicted molar refractivity (Wildman–Crippen MR) is 114 cm³/mol. The summed E-state index contributed by atoms with van der Waals surface area (Å²) in [5.41, 5.74) is 2.39. The number of imidazole rings is 1. The molecule has 0 atom stereocenters. The van der Waals surface area contributed by atoms with Crippen LogP contribution < -0.4 is 5.32 Å². The van der Waals surface area contributed by atoms with Crippen molar-refractivity contribution in [1.29, 1.82) is 0 Å². The number of fused-ring (bicyclic) bond motifs is 1. The van der Waals surface area contributed by atoms with Crippen molar-refractivity contribution in [2.24, 2.45) is 0 Å². The molecule has 0 bridgehead atoms. The number of rotatable bonds is 4. The van der Waals surface area contributed by atoms with Gasteiger partial charge in [-0.1, -0.05) is 46.7 Å². The molecular formula is C19H12Cl2N4O3S. The zero-order valence-electron chi connectivity index (χ0n) is 14.8. The monoisotopic (exact) mass is 446 g/mol. The number of hydrogen-bond acceptors (Lipinski definition) is 5. The maximum atomic E-state index is 12.7. The number of nitrogens with one attached hydrogen (secondary N) is 1. The summed E-state index contributed by atoms with van der Waals surface area (Å²) in [5, 5.41) is 14.6. The fourth-order valence-corrected chi connectivity index (χ4v) is 4.31. The van der Waals surface area contributed by atoms with Gasteiger partial charge in [-0.25, -0.2) is 4.98 Å². The molecule has 0 spiro atoms. The topological polar surface area (TPSA) is 89.5 Å². The van der Waals surface area contributed by atoms with Gasteiger partial charge in [0.1, 0.15) is 4.88 Å². The van der Waals surface area contributed by atoms with Gasteiger partial charge in [0.05, 0.1) is 21.3 Å². The van der Waals surface area contributed by atoms with Gasteiger partial charge in [-0.05, 0) is 25.1 Å². The Kier molecular flexibility index (Phi) is 4.99. The highest BCUT2D eigenvalue weighted by Gasteiger charge is 2.19.